The summed E-state index contributed by atoms with van der Waals surface area (Å²) in [4.78, 5) is 33.4. The van der Waals surface area contributed by atoms with Crippen LogP contribution in [0.25, 0.3) is 0 Å². The van der Waals surface area contributed by atoms with Crippen molar-refractivity contribution in [1.82, 2.24) is 9.99 Å². The Kier molecular flexibility index (Phi) is 7.14. The summed E-state index contributed by atoms with van der Waals surface area (Å²) in [5.74, 6) is -5.12. The molecule has 0 aromatic carbocycles. The first-order valence-corrected chi connectivity index (χ1v) is 12.2. The van der Waals surface area contributed by atoms with Gasteiger partial charge in [-0.05, 0) is 18.9 Å². The number of hydrogen-bond acceptors (Lipinski definition) is 10. The number of nitrogens with one attached hydrogen (secondary N) is 1. The van der Waals surface area contributed by atoms with Crippen LogP contribution < -0.4 is 9.84 Å². The second kappa shape index (κ2) is 9.92. The number of carbonyl (C=O) groups is 2. The molecule has 4 heterocycles. The predicted octanol–water partition coefficient (Wildman–Crippen LogP) is 1.82. The maximum atomic E-state index is 13.7. The van der Waals surface area contributed by atoms with Crippen LogP contribution >= 0.6 is 7.75 Å². The smallest absolute Gasteiger partial charge is 0.390 e. The Morgan fingerprint density at radius 2 is 2.03 bits per heavy atom. The molecule has 3 aliphatic rings. The number of aliphatic hydroxyl groups excluding tert-OH is 1. The van der Waals surface area contributed by atoms with Gasteiger partial charge in [0.1, 0.15) is 11.0 Å². The van der Waals surface area contributed by atoms with Gasteiger partial charge in [0.2, 0.25) is 5.91 Å². The van der Waals surface area contributed by atoms with Crippen LogP contribution in [0.4, 0.5) is 10.3 Å². The van der Waals surface area contributed by atoms with Crippen LogP contribution in [0.15, 0.2) is 28.5 Å². The zero-order valence-corrected chi connectivity index (χ0v) is 18.7. The number of nitrogens with zero attached hydrogens (tertiary/aromatic N) is 2. The lowest BCUT2D eigenvalue weighted by atomic mass is 9.95. The number of carbonyl (C=O) groups excluding carboxylic acids is 2. The SMILES string of the molecule is O=C1NC(=O)C([C@H]2C[C@H](O)[C@@H](COP(=O)(Oc3ccc([N+](=O)[O-])o3)N3CCCCC3)O2)C=C1F. The molecule has 3 aliphatic heterocycles. The first kappa shape index (κ1) is 24.5. The monoisotopic (exact) mass is 503 g/mol. The molecule has 1 aromatic heterocycles. The highest BCUT2D eigenvalue weighted by molar-refractivity contribution is 7.51. The van der Waals surface area contributed by atoms with E-state index < -0.39 is 67.0 Å². The Morgan fingerprint density at radius 3 is 2.71 bits per heavy atom. The molecule has 186 valence electrons. The molecule has 2 unspecified atom stereocenters. The zero-order chi connectivity index (χ0) is 24.5. The Balaban J connectivity index is 1.45. The van der Waals surface area contributed by atoms with Gasteiger partial charge >= 0.3 is 13.6 Å². The Hall–Kier alpha value is -2.64. The summed E-state index contributed by atoms with van der Waals surface area (Å²) < 4.78 is 50.5. The Bertz CT molecular complexity index is 1040. The van der Waals surface area contributed by atoms with Gasteiger partial charge in [-0.1, -0.05) is 6.42 Å². The van der Waals surface area contributed by atoms with Crippen molar-refractivity contribution in [3.63, 3.8) is 0 Å². The minimum Gasteiger partial charge on any atom is -0.390 e. The number of imide groups is 1. The van der Waals surface area contributed by atoms with Crippen molar-refractivity contribution in [3.8, 4) is 5.95 Å². The van der Waals surface area contributed by atoms with Gasteiger partial charge in [-0.2, -0.15) is 4.67 Å². The third-order valence-electron chi connectivity index (χ3n) is 5.77. The van der Waals surface area contributed by atoms with Gasteiger partial charge in [-0.15, -0.1) is 0 Å². The first-order valence-electron chi connectivity index (χ1n) is 10.7. The molecule has 1 aromatic rings. The largest absolute Gasteiger partial charge is 0.463 e. The minimum absolute atomic E-state index is 0.0522. The molecule has 5 atom stereocenters. The third kappa shape index (κ3) is 5.20. The van der Waals surface area contributed by atoms with Crippen LogP contribution in [-0.4, -0.2) is 64.5 Å². The number of aliphatic hydroxyl groups is 1. The first-order chi connectivity index (χ1) is 16.2. The van der Waals surface area contributed by atoms with E-state index in [4.69, 9.17) is 18.2 Å². The van der Waals surface area contributed by atoms with Crippen LogP contribution in [0.3, 0.4) is 0 Å². The average molecular weight is 503 g/mol. The van der Waals surface area contributed by atoms with E-state index in [0.717, 1.165) is 37.5 Å². The summed E-state index contributed by atoms with van der Waals surface area (Å²) in [5, 5.41) is 23.1. The third-order valence-corrected chi connectivity index (χ3v) is 7.75. The molecule has 0 aliphatic carbocycles. The van der Waals surface area contributed by atoms with Gasteiger partial charge in [0.25, 0.3) is 11.9 Å². The molecular formula is C19H23FN3O10P. The summed E-state index contributed by atoms with van der Waals surface area (Å²) in [5.41, 5.74) is 0. The fourth-order valence-electron chi connectivity index (χ4n) is 4.01. The molecule has 0 bridgehead atoms. The molecule has 0 saturated carbocycles. The maximum absolute atomic E-state index is 13.7. The molecule has 13 nitrogen and oxygen atoms in total. The number of rotatable bonds is 8. The molecule has 0 radical (unpaired) electrons. The number of amides is 2. The lowest BCUT2D eigenvalue weighted by Gasteiger charge is -2.32. The predicted molar refractivity (Wildman–Crippen MR) is 110 cm³/mol. The highest BCUT2D eigenvalue weighted by atomic mass is 31.2. The van der Waals surface area contributed by atoms with Crippen LogP contribution in [0.2, 0.25) is 0 Å². The van der Waals surface area contributed by atoms with Gasteiger partial charge < -0.3 is 18.8 Å². The molecular weight excluding hydrogens is 480 g/mol. The fourth-order valence-corrected chi connectivity index (χ4v) is 5.77. The van der Waals surface area contributed by atoms with E-state index in [9.17, 15) is 33.8 Å². The maximum Gasteiger partial charge on any atom is 0.463 e. The van der Waals surface area contributed by atoms with Gasteiger partial charge in [0.15, 0.2) is 5.83 Å². The molecule has 15 heteroatoms. The topological polar surface area (TPSA) is 171 Å². The Labute approximate surface area is 192 Å². The molecule has 2 N–H and O–H groups in total. The number of piperidine rings is 1. The molecule has 2 fully saturated rings. The number of ether oxygens (including phenoxy) is 1. The van der Waals surface area contributed by atoms with E-state index >= 15 is 0 Å². The summed E-state index contributed by atoms with van der Waals surface area (Å²) in [6, 6.07) is 2.20. The summed E-state index contributed by atoms with van der Waals surface area (Å²) in [7, 11) is -4.06. The second-order valence-electron chi connectivity index (χ2n) is 8.09. The van der Waals surface area contributed by atoms with E-state index in [1.807, 2.05) is 5.32 Å². The van der Waals surface area contributed by atoms with Crippen LogP contribution in [0, 0.1) is 16.0 Å². The normalized spacial score (nSPS) is 29.9. The quantitative estimate of drug-likeness (QED) is 0.229. The molecule has 0 spiro atoms. The van der Waals surface area contributed by atoms with Crippen LogP contribution in [0.5, 0.6) is 5.95 Å². The van der Waals surface area contributed by atoms with Crippen molar-refractivity contribution >= 4 is 25.4 Å². The molecule has 2 amide bonds. The fraction of sp³-hybridized carbons (Fsp3) is 0.579. The van der Waals surface area contributed by atoms with E-state index in [2.05, 4.69) is 0 Å². The molecule has 34 heavy (non-hydrogen) atoms. The van der Waals surface area contributed by atoms with E-state index in [0.29, 0.717) is 13.1 Å². The number of hydrogen-bond donors (Lipinski definition) is 2. The van der Waals surface area contributed by atoms with E-state index in [1.165, 1.54) is 4.67 Å². The second-order valence-corrected chi connectivity index (χ2v) is 10.0. The van der Waals surface area contributed by atoms with Crippen molar-refractivity contribution in [2.24, 2.45) is 5.92 Å². The number of halogens is 1. The van der Waals surface area contributed by atoms with Gasteiger partial charge in [0.05, 0.1) is 30.8 Å². The summed E-state index contributed by atoms with van der Waals surface area (Å²) in [6.07, 6.45) is 0.0678. The zero-order valence-electron chi connectivity index (χ0n) is 17.8. The molecule has 2 saturated heterocycles. The number of furan rings is 1. The van der Waals surface area contributed by atoms with Crippen LogP contribution in [-0.2, 0) is 23.4 Å². The average Bonchev–Trinajstić information content (AvgIpc) is 3.42. The number of nitro groups is 1. The Morgan fingerprint density at radius 1 is 1.29 bits per heavy atom. The van der Waals surface area contributed by atoms with E-state index in [1.54, 1.807) is 0 Å². The van der Waals surface area contributed by atoms with Crippen LogP contribution in [0.1, 0.15) is 25.7 Å². The lowest BCUT2D eigenvalue weighted by Crippen LogP contribution is -2.44. The lowest BCUT2D eigenvalue weighted by molar-refractivity contribution is -0.402. The van der Waals surface area contributed by atoms with E-state index in [-0.39, 0.29) is 12.4 Å². The minimum atomic E-state index is -4.06. The highest BCUT2D eigenvalue weighted by Gasteiger charge is 2.45. The van der Waals surface area contributed by atoms with Crippen molar-refractivity contribution in [1.29, 1.82) is 0 Å². The summed E-state index contributed by atoms with van der Waals surface area (Å²) in [6.45, 7) is 0.363. The van der Waals surface area contributed by atoms with Gasteiger partial charge in [-0.3, -0.25) is 29.5 Å². The van der Waals surface area contributed by atoms with Crippen molar-refractivity contribution < 1.29 is 46.8 Å². The molecule has 4 rings (SSSR count). The van der Waals surface area contributed by atoms with Crippen molar-refractivity contribution in [3.05, 3.63) is 34.1 Å². The van der Waals surface area contributed by atoms with Gasteiger partial charge in [0, 0.05) is 25.6 Å². The van der Waals surface area contributed by atoms with Crippen molar-refractivity contribution in [2.75, 3.05) is 19.7 Å². The standard InChI is InChI=1S/C19H23FN3O10P/c20-12-8-11(18(25)21-19(12)26)14-9-13(24)15(31-14)10-30-34(29,22-6-2-1-3-7-22)33-17-5-4-16(32-17)23(27)28/h4-5,8,11,13-15,24H,1-3,6-7,9-10H2,(H,21,25,26)/t11?,13-,14+,15+,34?/m0/s1. The van der Waals surface area contributed by atoms with Crippen molar-refractivity contribution in [2.45, 2.75) is 44.0 Å². The highest BCUT2D eigenvalue weighted by Crippen LogP contribution is 2.54. The summed E-state index contributed by atoms with van der Waals surface area (Å²) >= 11 is 0. The van der Waals surface area contributed by atoms with Gasteiger partial charge in [-0.25, -0.2) is 8.96 Å².